The van der Waals surface area contributed by atoms with Crippen molar-refractivity contribution in [2.45, 2.75) is 4.90 Å². The van der Waals surface area contributed by atoms with Gasteiger partial charge in [0.1, 0.15) is 5.52 Å². The van der Waals surface area contributed by atoms with Gasteiger partial charge in [0.2, 0.25) is 0 Å². The molecule has 0 saturated heterocycles. The number of fused-ring (bicyclic) bond motifs is 1. The quantitative estimate of drug-likeness (QED) is 0.564. The number of H-pyrrole nitrogens is 1. The molecule has 0 saturated carbocycles. The summed E-state index contributed by atoms with van der Waals surface area (Å²) in [5.41, 5.74) is 0.470. The highest BCUT2D eigenvalue weighted by Gasteiger charge is 2.06. The van der Waals surface area contributed by atoms with Crippen molar-refractivity contribution in [3.05, 3.63) is 21.8 Å². The Hall–Kier alpha value is -0.940. The number of thiol groups is 1. The summed E-state index contributed by atoms with van der Waals surface area (Å²) in [5.74, 6) is 0.0363. The van der Waals surface area contributed by atoms with Crippen LogP contribution in [0.5, 0.6) is 5.75 Å². The number of phenols is 1. The molecule has 0 bridgehead atoms. The molecule has 2 aromatic rings. The highest BCUT2D eigenvalue weighted by atomic mass is 32.1. The number of thiazole rings is 1. The lowest BCUT2D eigenvalue weighted by molar-refractivity contribution is 0.468. The Bertz CT molecular complexity index is 486. The van der Waals surface area contributed by atoms with Gasteiger partial charge in [-0.1, -0.05) is 11.3 Å². The van der Waals surface area contributed by atoms with Gasteiger partial charge in [0.05, 0.1) is 4.70 Å². The molecule has 0 amide bonds. The maximum absolute atomic E-state index is 10.9. The van der Waals surface area contributed by atoms with Crippen LogP contribution < -0.4 is 4.87 Å². The molecule has 0 atom stereocenters. The molecule has 12 heavy (non-hydrogen) atoms. The first-order valence-corrected chi connectivity index (χ1v) is 4.48. The minimum atomic E-state index is -0.167. The molecular formula is C7H5NO2S2. The summed E-state index contributed by atoms with van der Waals surface area (Å²) < 4.78 is 0.746. The van der Waals surface area contributed by atoms with Gasteiger partial charge in [-0.15, -0.1) is 12.6 Å². The Labute approximate surface area is 77.1 Å². The van der Waals surface area contributed by atoms with E-state index >= 15 is 0 Å². The third-order valence-corrected chi connectivity index (χ3v) is 2.76. The maximum atomic E-state index is 10.9. The van der Waals surface area contributed by atoms with Crippen LogP contribution in [0.2, 0.25) is 0 Å². The van der Waals surface area contributed by atoms with Crippen molar-refractivity contribution in [2.75, 3.05) is 0 Å². The standard InChI is InChI=1S/C7H5NO2S2/c9-6-3(11)1-2-4-5(6)8-7(10)12-4/h1-2,9,11H,(H,8,10). The number of hydrogen-bond acceptors (Lipinski definition) is 4. The Morgan fingerprint density at radius 1 is 1.50 bits per heavy atom. The topological polar surface area (TPSA) is 53.1 Å². The van der Waals surface area contributed by atoms with Gasteiger partial charge in [-0.05, 0) is 12.1 Å². The predicted octanol–water partition coefficient (Wildman–Crippen LogP) is 1.58. The fourth-order valence-corrected chi connectivity index (χ4v) is 1.92. The molecule has 0 aliphatic rings. The average molecular weight is 199 g/mol. The molecule has 0 spiro atoms. The molecular weight excluding hydrogens is 194 g/mol. The number of phenolic OH excluding ortho intramolecular Hbond substituents is 1. The molecule has 1 heterocycles. The van der Waals surface area contributed by atoms with Gasteiger partial charge in [-0.25, -0.2) is 0 Å². The molecule has 0 aliphatic carbocycles. The van der Waals surface area contributed by atoms with E-state index in [2.05, 4.69) is 17.6 Å². The minimum absolute atomic E-state index is 0.0363. The Kier molecular flexibility index (Phi) is 1.62. The van der Waals surface area contributed by atoms with E-state index in [9.17, 15) is 9.90 Å². The number of rotatable bonds is 0. The van der Waals surface area contributed by atoms with E-state index in [0.29, 0.717) is 10.4 Å². The first-order valence-electron chi connectivity index (χ1n) is 3.22. The maximum Gasteiger partial charge on any atom is 0.305 e. The molecule has 5 heteroatoms. The number of hydrogen-bond donors (Lipinski definition) is 3. The smallest absolute Gasteiger partial charge is 0.305 e. The van der Waals surface area contributed by atoms with Crippen LogP contribution in [0.15, 0.2) is 21.8 Å². The van der Waals surface area contributed by atoms with E-state index in [4.69, 9.17) is 0 Å². The monoisotopic (exact) mass is 199 g/mol. The van der Waals surface area contributed by atoms with Crippen molar-refractivity contribution >= 4 is 34.2 Å². The van der Waals surface area contributed by atoms with Gasteiger partial charge in [0.25, 0.3) is 0 Å². The lowest BCUT2D eigenvalue weighted by Crippen LogP contribution is -1.89. The Balaban J connectivity index is 2.99. The van der Waals surface area contributed by atoms with Crippen LogP contribution in [0.25, 0.3) is 10.2 Å². The number of aromatic amines is 1. The summed E-state index contributed by atoms with van der Waals surface area (Å²) in [6.07, 6.45) is 0. The zero-order chi connectivity index (χ0) is 8.72. The largest absolute Gasteiger partial charge is 0.505 e. The summed E-state index contributed by atoms with van der Waals surface area (Å²) in [5, 5.41) is 9.43. The van der Waals surface area contributed by atoms with Crippen LogP contribution in [-0.4, -0.2) is 10.1 Å². The molecule has 62 valence electrons. The molecule has 1 aromatic carbocycles. The Morgan fingerprint density at radius 3 is 3.00 bits per heavy atom. The number of benzene rings is 1. The van der Waals surface area contributed by atoms with E-state index in [0.717, 1.165) is 16.0 Å². The molecule has 0 unspecified atom stereocenters. The number of nitrogens with one attached hydrogen (secondary N) is 1. The molecule has 3 nitrogen and oxygen atoms in total. The lowest BCUT2D eigenvalue weighted by Gasteiger charge is -1.96. The molecule has 2 N–H and O–H groups in total. The van der Waals surface area contributed by atoms with Crippen molar-refractivity contribution in [3.8, 4) is 5.75 Å². The lowest BCUT2D eigenvalue weighted by atomic mass is 10.3. The van der Waals surface area contributed by atoms with Crippen LogP contribution >= 0.6 is 24.0 Å². The summed E-state index contributed by atoms with van der Waals surface area (Å²) in [7, 11) is 0. The van der Waals surface area contributed by atoms with Gasteiger partial charge in [0, 0.05) is 4.90 Å². The fraction of sp³-hybridized carbons (Fsp3) is 0. The highest BCUT2D eigenvalue weighted by molar-refractivity contribution is 7.80. The normalized spacial score (nSPS) is 10.8. The van der Waals surface area contributed by atoms with Gasteiger partial charge >= 0.3 is 4.87 Å². The second-order valence-electron chi connectivity index (χ2n) is 2.32. The predicted molar refractivity (Wildman–Crippen MR) is 51.4 cm³/mol. The van der Waals surface area contributed by atoms with E-state index in [1.165, 1.54) is 0 Å². The van der Waals surface area contributed by atoms with E-state index in [1.54, 1.807) is 12.1 Å². The van der Waals surface area contributed by atoms with Crippen molar-refractivity contribution in [1.29, 1.82) is 0 Å². The van der Waals surface area contributed by atoms with Gasteiger partial charge < -0.3 is 10.1 Å². The zero-order valence-electron chi connectivity index (χ0n) is 5.87. The first kappa shape index (κ1) is 7.70. The van der Waals surface area contributed by atoms with E-state index in [1.807, 2.05) is 0 Å². The SMILES string of the molecule is O=c1[nH]c2c(O)c(S)ccc2s1. The zero-order valence-corrected chi connectivity index (χ0v) is 7.58. The van der Waals surface area contributed by atoms with Gasteiger partial charge in [0.15, 0.2) is 5.75 Å². The average Bonchev–Trinajstić information content (AvgIpc) is 2.39. The highest BCUT2D eigenvalue weighted by Crippen LogP contribution is 2.30. The van der Waals surface area contributed by atoms with Crippen molar-refractivity contribution in [2.24, 2.45) is 0 Å². The summed E-state index contributed by atoms with van der Waals surface area (Å²) in [6.45, 7) is 0. The second kappa shape index (κ2) is 2.53. The van der Waals surface area contributed by atoms with Crippen LogP contribution in [0.3, 0.4) is 0 Å². The van der Waals surface area contributed by atoms with Crippen LogP contribution in [0.4, 0.5) is 0 Å². The van der Waals surface area contributed by atoms with Crippen molar-refractivity contribution in [1.82, 2.24) is 4.98 Å². The van der Waals surface area contributed by atoms with Gasteiger partial charge in [-0.3, -0.25) is 4.79 Å². The fourth-order valence-electron chi connectivity index (χ4n) is 0.995. The van der Waals surface area contributed by atoms with Crippen molar-refractivity contribution in [3.63, 3.8) is 0 Å². The molecule has 1 aromatic heterocycles. The molecule has 0 fully saturated rings. The third kappa shape index (κ3) is 1.02. The summed E-state index contributed by atoms with van der Waals surface area (Å²) in [6, 6.07) is 3.41. The van der Waals surface area contributed by atoms with Crippen LogP contribution in [0, 0.1) is 0 Å². The van der Waals surface area contributed by atoms with E-state index in [-0.39, 0.29) is 10.6 Å². The Morgan fingerprint density at radius 2 is 2.25 bits per heavy atom. The van der Waals surface area contributed by atoms with E-state index < -0.39 is 0 Å². The molecule has 2 rings (SSSR count). The number of aromatic nitrogens is 1. The third-order valence-electron chi connectivity index (χ3n) is 1.55. The molecule has 0 radical (unpaired) electrons. The molecule has 0 aliphatic heterocycles. The summed E-state index contributed by atoms with van der Waals surface area (Å²) in [4.78, 5) is 13.7. The van der Waals surface area contributed by atoms with Gasteiger partial charge in [-0.2, -0.15) is 0 Å². The number of aromatic hydroxyl groups is 1. The van der Waals surface area contributed by atoms with Crippen molar-refractivity contribution < 1.29 is 5.11 Å². The second-order valence-corrected chi connectivity index (χ2v) is 3.82. The van der Waals surface area contributed by atoms with Crippen LogP contribution in [0.1, 0.15) is 0 Å². The minimum Gasteiger partial charge on any atom is -0.505 e. The first-order chi connectivity index (χ1) is 5.68. The summed E-state index contributed by atoms with van der Waals surface area (Å²) >= 11 is 5.09. The van der Waals surface area contributed by atoms with Crippen LogP contribution in [-0.2, 0) is 0 Å².